The third-order valence-corrected chi connectivity index (χ3v) is 4.54. The van der Waals surface area contributed by atoms with E-state index < -0.39 is 49.0 Å². The van der Waals surface area contributed by atoms with Crippen molar-refractivity contribution in [2.24, 2.45) is 0 Å². The van der Waals surface area contributed by atoms with Crippen molar-refractivity contribution >= 4 is 16.9 Å². The van der Waals surface area contributed by atoms with Crippen LogP contribution in [0, 0.1) is 12.3 Å². The maximum absolute atomic E-state index is 13.8. The van der Waals surface area contributed by atoms with Gasteiger partial charge in [-0.2, -0.15) is 0 Å². The molecule has 29 heavy (non-hydrogen) atoms. The minimum Gasteiger partial charge on any atom is -0.479 e. The number of alkyl halides is 1. The molecule has 1 aromatic carbocycles. The fourth-order valence-electron chi connectivity index (χ4n) is 3.10. The molecule has 2 heterocycles. The normalized spacial score (nSPS) is 26.8. The van der Waals surface area contributed by atoms with E-state index in [2.05, 4.69) is 5.92 Å². The lowest BCUT2D eigenvalue weighted by Gasteiger charge is -2.38. The summed E-state index contributed by atoms with van der Waals surface area (Å²) in [5.74, 6) is 0.584. The summed E-state index contributed by atoms with van der Waals surface area (Å²) in [6, 6.07) is 3.95. The van der Waals surface area contributed by atoms with Crippen LogP contribution < -0.4 is 10.4 Å². The van der Waals surface area contributed by atoms with Crippen molar-refractivity contribution < 1.29 is 43.5 Å². The van der Waals surface area contributed by atoms with Gasteiger partial charge in [0.15, 0.2) is 6.10 Å². The highest BCUT2D eigenvalue weighted by Gasteiger charge is 2.48. The van der Waals surface area contributed by atoms with Crippen LogP contribution >= 0.6 is 0 Å². The van der Waals surface area contributed by atoms with E-state index >= 15 is 0 Å². The number of fused-ring (bicyclic) bond motifs is 1. The lowest BCUT2D eigenvalue weighted by atomic mass is 9.99. The van der Waals surface area contributed by atoms with E-state index in [1.807, 2.05) is 0 Å². The predicted molar refractivity (Wildman–Crippen MR) is 94.8 cm³/mol. The van der Waals surface area contributed by atoms with Gasteiger partial charge < -0.3 is 34.3 Å². The number of carboxylic acids is 1. The van der Waals surface area contributed by atoms with Gasteiger partial charge >= 0.3 is 11.6 Å². The van der Waals surface area contributed by atoms with Gasteiger partial charge in [0, 0.05) is 17.9 Å². The van der Waals surface area contributed by atoms with Gasteiger partial charge in [-0.25, -0.2) is 14.0 Å². The van der Waals surface area contributed by atoms with Crippen LogP contribution in [0.2, 0.25) is 0 Å². The molecule has 154 valence electrons. The monoisotopic (exact) mass is 408 g/mol. The molecule has 0 aliphatic carbocycles. The molecule has 1 fully saturated rings. The van der Waals surface area contributed by atoms with Gasteiger partial charge in [-0.05, 0) is 17.7 Å². The van der Waals surface area contributed by atoms with Crippen molar-refractivity contribution in [3.8, 4) is 18.1 Å². The second kappa shape index (κ2) is 8.18. The number of ether oxygens (including phenoxy) is 2. The Morgan fingerprint density at radius 3 is 2.59 bits per heavy atom. The Labute approximate surface area is 162 Å². The first-order chi connectivity index (χ1) is 13.8. The van der Waals surface area contributed by atoms with Crippen molar-refractivity contribution in [3.05, 3.63) is 39.7 Å². The van der Waals surface area contributed by atoms with E-state index in [4.69, 9.17) is 25.4 Å². The molecule has 0 saturated carbocycles. The Kier molecular flexibility index (Phi) is 5.86. The van der Waals surface area contributed by atoms with Crippen LogP contribution in [0.15, 0.2) is 27.4 Å². The van der Waals surface area contributed by atoms with Crippen molar-refractivity contribution in [3.63, 3.8) is 0 Å². The Balaban J connectivity index is 2.03. The number of terminal acetylenes is 1. The molecule has 9 nitrogen and oxygen atoms in total. The number of aliphatic hydroxyl groups is 3. The lowest BCUT2D eigenvalue weighted by molar-refractivity contribution is -0.271. The Morgan fingerprint density at radius 1 is 1.24 bits per heavy atom. The van der Waals surface area contributed by atoms with E-state index in [9.17, 15) is 29.3 Å². The molecule has 5 atom stereocenters. The summed E-state index contributed by atoms with van der Waals surface area (Å²) in [6.07, 6.45) is -3.85. The van der Waals surface area contributed by atoms with Gasteiger partial charge in [-0.3, -0.25) is 0 Å². The van der Waals surface area contributed by atoms with Gasteiger partial charge in [0.25, 0.3) is 0 Å². The molecule has 1 aliphatic rings. The number of rotatable bonds is 5. The number of aliphatic hydroxyl groups excluding tert-OH is 3. The van der Waals surface area contributed by atoms with Crippen molar-refractivity contribution in [2.45, 2.75) is 43.8 Å². The van der Waals surface area contributed by atoms with Crippen molar-refractivity contribution in [1.82, 2.24) is 0 Å². The third kappa shape index (κ3) is 3.81. The summed E-state index contributed by atoms with van der Waals surface area (Å²) in [5.41, 5.74) is -0.628. The molecule has 4 N–H and O–H groups in total. The Bertz CT molecular complexity index is 1020. The highest BCUT2D eigenvalue weighted by molar-refractivity contribution is 5.85. The zero-order chi connectivity index (χ0) is 21.3. The van der Waals surface area contributed by atoms with Crippen LogP contribution in [0.5, 0.6) is 5.75 Å². The topological polar surface area (TPSA) is 147 Å². The van der Waals surface area contributed by atoms with Crippen molar-refractivity contribution in [1.29, 1.82) is 0 Å². The average Bonchev–Trinajstić information content (AvgIpc) is 2.67. The Morgan fingerprint density at radius 2 is 1.97 bits per heavy atom. The van der Waals surface area contributed by atoms with Crippen LogP contribution in [0.3, 0.4) is 0 Å². The summed E-state index contributed by atoms with van der Waals surface area (Å²) in [6.45, 7) is -1.13. The standard InChI is InChI=1S/C19H17FO9/c1-2-3-8-6-12(21)28-16-9(8)4-5-11(10(16)7-20)27-19-15(24)13(22)14(23)17(29-19)18(25)26/h1,4-6,13-15,17,19,22-24H,3,7H2,(H,25,26). The van der Waals surface area contributed by atoms with E-state index in [1.165, 1.54) is 18.2 Å². The second-order valence-electron chi connectivity index (χ2n) is 6.38. The molecular formula is C19H17FO9. The number of carboxylic acid groups (broad SMARTS) is 1. The van der Waals surface area contributed by atoms with Gasteiger partial charge in [-0.1, -0.05) is 0 Å². The second-order valence-corrected chi connectivity index (χ2v) is 6.38. The number of hydrogen-bond donors (Lipinski definition) is 4. The van der Waals surface area contributed by atoms with E-state index in [-0.39, 0.29) is 23.3 Å². The molecular weight excluding hydrogens is 391 g/mol. The predicted octanol–water partition coefficient (Wildman–Crippen LogP) is -0.291. The van der Waals surface area contributed by atoms with E-state index in [0.29, 0.717) is 10.9 Å². The SMILES string of the molecule is C#CCc1cc(=O)oc2c(CF)c(OC3OC(C(=O)O)C(O)C(O)C3O)ccc12. The molecule has 0 spiro atoms. The Hall–Kier alpha value is -2.97. The fourth-order valence-corrected chi connectivity index (χ4v) is 3.10. The van der Waals surface area contributed by atoms with Gasteiger partial charge in [0.05, 0.1) is 5.56 Å². The first kappa shape index (κ1) is 20.8. The van der Waals surface area contributed by atoms with Crippen LogP contribution in [0.4, 0.5) is 4.39 Å². The summed E-state index contributed by atoms with van der Waals surface area (Å²) < 4.78 is 29.3. The van der Waals surface area contributed by atoms with Crippen LogP contribution in [0.1, 0.15) is 11.1 Å². The number of benzene rings is 1. The zero-order valence-corrected chi connectivity index (χ0v) is 14.8. The average molecular weight is 408 g/mol. The van der Waals surface area contributed by atoms with Gasteiger partial charge in [0.2, 0.25) is 6.29 Å². The highest BCUT2D eigenvalue weighted by Crippen LogP contribution is 2.33. The molecule has 3 rings (SSSR count). The first-order valence-corrected chi connectivity index (χ1v) is 8.45. The maximum Gasteiger partial charge on any atom is 0.336 e. The maximum atomic E-state index is 13.8. The van der Waals surface area contributed by atoms with Crippen LogP contribution in [-0.4, -0.2) is 57.1 Å². The highest BCUT2D eigenvalue weighted by atomic mass is 19.1. The quantitative estimate of drug-likeness (QED) is 0.387. The van der Waals surface area contributed by atoms with Gasteiger partial charge in [0.1, 0.15) is 36.3 Å². The first-order valence-electron chi connectivity index (χ1n) is 8.45. The minimum absolute atomic E-state index is 0.100. The molecule has 0 radical (unpaired) electrons. The van der Waals surface area contributed by atoms with Crippen molar-refractivity contribution in [2.75, 3.05) is 0 Å². The zero-order valence-electron chi connectivity index (χ0n) is 14.8. The number of halogens is 1. The van der Waals surface area contributed by atoms with Gasteiger partial charge in [-0.15, -0.1) is 12.3 Å². The van der Waals surface area contributed by atoms with Crippen LogP contribution in [0.25, 0.3) is 11.0 Å². The molecule has 0 bridgehead atoms. The summed E-state index contributed by atoms with van der Waals surface area (Å²) in [4.78, 5) is 23.0. The van der Waals surface area contributed by atoms with E-state index in [0.717, 1.165) is 0 Å². The summed E-state index contributed by atoms with van der Waals surface area (Å²) in [5, 5.41) is 39.1. The largest absolute Gasteiger partial charge is 0.479 e. The molecule has 1 aliphatic heterocycles. The van der Waals surface area contributed by atoms with Crippen LogP contribution in [-0.2, 0) is 22.6 Å². The summed E-state index contributed by atoms with van der Waals surface area (Å²) >= 11 is 0. The fraction of sp³-hybridized carbons (Fsp3) is 0.368. The molecule has 10 heteroatoms. The molecule has 0 amide bonds. The number of hydrogen-bond acceptors (Lipinski definition) is 8. The molecule has 1 saturated heterocycles. The smallest absolute Gasteiger partial charge is 0.336 e. The molecule has 5 unspecified atom stereocenters. The number of aliphatic carboxylic acids is 1. The number of carbonyl (C=O) groups is 1. The minimum atomic E-state index is -1.90. The van der Waals surface area contributed by atoms with E-state index in [1.54, 1.807) is 0 Å². The lowest BCUT2D eigenvalue weighted by Crippen LogP contribution is -2.61. The summed E-state index contributed by atoms with van der Waals surface area (Å²) in [7, 11) is 0. The molecule has 1 aromatic heterocycles. The third-order valence-electron chi connectivity index (χ3n) is 4.54. The molecule has 2 aromatic rings.